The van der Waals surface area contributed by atoms with Crippen molar-refractivity contribution in [3.63, 3.8) is 0 Å². The minimum absolute atomic E-state index is 0.151. The van der Waals surface area contributed by atoms with Gasteiger partial charge in [0.15, 0.2) is 17.3 Å². The molecule has 0 bridgehead atoms. The molecule has 0 radical (unpaired) electrons. The third-order valence-electron chi connectivity index (χ3n) is 6.36. The van der Waals surface area contributed by atoms with E-state index >= 15 is 0 Å². The van der Waals surface area contributed by atoms with Gasteiger partial charge >= 0.3 is 0 Å². The lowest BCUT2D eigenvalue weighted by molar-refractivity contribution is 0.287. The van der Waals surface area contributed by atoms with Gasteiger partial charge in [-0.05, 0) is 56.0 Å². The van der Waals surface area contributed by atoms with Crippen LogP contribution >= 0.6 is 0 Å². The van der Waals surface area contributed by atoms with Crippen molar-refractivity contribution in [1.82, 2.24) is 29.7 Å². The molecule has 0 aliphatic carbocycles. The first-order valence-corrected chi connectivity index (χ1v) is 12.6. The van der Waals surface area contributed by atoms with Crippen LogP contribution in [0.1, 0.15) is 42.2 Å². The Bertz CT molecular complexity index is 1400. The first-order chi connectivity index (χ1) is 18.5. The highest BCUT2D eigenvalue weighted by atomic mass is 16.5. The molecule has 38 heavy (non-hydrogen) atoms. The van der Waals surface area contributed by atoms with Crippen LogP contribution in [-0.2, 0) is 13.0 Å². The number of nitrogen functional groups attached to an aromatic ring is 1. The first-order valence-electron chi connectivity index (χ1n) is 12.6. The predicted octanol–water partition coefficient (Wildman–Crippen LogP) is 3.52. The Morgan fingerprint density at radius 1 is 0.868 bits per heavy atom. The average molecular weight is 517 g/mol. The van der Waals surface area contributed by atoms with Crippen LogP contribution in [0.2, 0.25) is 0 Å². The van der Waals surface area contributed by atoms with Gasteiger partial charge in [0.05, 0.1) is 19.9 Å². The fraction of sp³-hybridized carbons (Fsp3) is 0.370. The number of anilines is 2. The number of ether oxygens (including phenoxy) is 3. The third-order valence-corrected chi connectivity index (χ3v) is 6.36. The second-order valence-corrected chi connectivity index (χ2v) is 9.10. The molecule has 11 heteroatoms. The number of nitrogens with zero attached hydrogens (tertiary/aromatic N) is 7. The second kappa shape index (κ2) is 11.3. The van der Waals surface area contributed by atoms with Gasteiger partial charge in [0.25, 0.3) is 0 Å². The Kier molecular flexibility index (Phi) is 7.52. The van der Waals surface area contributed by atoms with Gasteiger partial charge in [0.2, 0.25) is 11.8 Å². The predicted molar refractivity (Wildman–Crippen MR) is 143 cm³/mol. The third kappa shape index (κ3) is 5.77. The number of pyridine rings is 1. The van der Waals surface area contributed by atoms with Crippen LogP contribution in [0.5, 0.6) is 17.4 Å². The summed E-state index contributed by atoms with van der Waals surface area (Å²) in [4.78, 5) is 20.6. The van der Waals surface area contributed by atoms with Crippen molar-refractivity contribution < 1.29 is 14.2 Å². The first kappa shape index (κ1) is 25.2. The highest BCUT2D eigenvalue weighted by Gasteiger charge is 2.16. The number of hydrogen-bond donors (Lipinski definition) is 1. The molecule has 1 aromatic carbocycles. The van der Waals surface area contributed by atoms with E-state index in [-0.39, 0.29) is 12.6 Å². The van der Waals surface area contributed by atoms with E-state index in [1.165, 1.54) is 19.3 Å². The van der Waals surface area contributed by atoms with Crippen molar-refractivity contribution in [3.05, 3.63) is 65.4 Å². The Balaban J connectivity index is 1.35. The van der Waals surface area contributed by atoms with Gasteiger partial charge in [-0.15, -0.1) is 5.10 Å². The van der Waals surface area contributed by atoms with Crippen LogP contribution in [0.25, 0.3) is 5.82 Å². The average Bonchev–Trinajstić information content (AvgIpc) is 3.32. The van der Waals surface area contributed by atoms with Crippen LogP contribution in [0.3, 0.4) is 0 Å². The van der Waals surface area contributed by atoms with E-state index in [9.17, 15) is 0 Å². The van der Waals surface area contributed by atoms with Crippen LogP contribution < -0.4 is 24.8 Å². The molecule has 198 valence electrons. The highest BCUT2D eigenvalue weighted by molar-refractivity contribution is 5.44. The lowest BCUT2D eigenvalue weighted by Crippen LogP contribution is -2.30. The van der Waals surface area contributed by atoms with E-state index in [1.54, 1.807) is 31.9 Å². The van der Waals surface area contributed by atoms with Crippen molar-refractivity contribution in [1.29, 1.82) is 0 Å². The molecular formula is C27H32N8O3. The van der Waals surface area contributed by atoms with Crippen LogP contribution in [0.4, 0.5) is 11.8 Å². The molecule has 0 spiro atoms. The van der Waals surface area contributed by atoms with Crippen LogP contribution in [0.15, 0.2) is 42.5 Å². The summed E-state index contributed by atoms with van der Waals surface area (Å²) < 4.78 is 18.4. The number of aromatic nitrogens is 6. The van der Waals surface area contributed by atoms with Crippen molar-refractivity contribution in [2.45, 2.75) is 39.2 Å². The number of hydrogen-bond acceptors (Lipinski definition) is 10. The van der Waals surface area contributed by atoms with Crippen molar-refractivity contribution in [2.24, 2.45) is 0 Å². The van der Waals surface area contributed by atoms with E-state index in [0.717, 1.165) is 30.2 Å². The normalized spacial score (nSPS) is 13.4. The minimum atomic E-state index is 0.151. The van der Waals surface area contributed by atoms with Gasteiger partial charge in [-0.2, -0.15) is 14.6 Å². The standard InChI is InChI=1S/C27H32N8O3/c1-18-29-25(35-24(32-27(28)33-35)15-19-10-11-21(36-2)22(14-19)37-3)16-26(30-18)38-17-20-8-7-9-23(31-20)34-12-5-4-6-13-34/h7-11,14,16H,4-6,12-13,15,17H2,1-3H3,(H2,28,33). The van der Waals surface area contributed by atoms with Gasteiger partial charge in [-0.1, -0.05) is 12.1 Å². The fourth-order valence-corrected chi connectivity index (χ4v) is 4.54. The minimum Gasteiger partial charge on any atom is -0.493 e. The maximum absolute atomic E-state index is 6.04. The van der Waals surface area contributed by atoms with Crippen molar-refractivity contribution >= 4 is 11.8 Å². The summed E-state index contributed by atoms with van der Waals surface area (Å²) in [5.41, 5.74) is 7.78. The summed E-state index contributed by atoms with van der Waals surface area (Å²) in [7, 11) is 3.21. The van der Waals surface area contributed by atoms with Gasteiger partial charge in [-0.3, -0.25) is 0 Å². The van der Waals surface area contributed by atoms with Gasteiger partial charge in [0, 0.05) is 25.6 Å². The summed E-state index contributed by atoms with van der Waals surface area (Å²) in [5, 5.41) is 4.38. The summed E-state index contributed by atoms with van der Waals surface area (Å²) in [6.45, 7) is 4.17. The molecule has 5 rings (SSSR count). The molecular weight excluding hydrogens is 484 g/mol. The molecule has 0 amide bonds. The SMILES string of the molecule is COc1ccc(Cc2nc(N)nn2-c2cc(OCc3cccc(N4CCCCC4)n3)nc(C)n2)cc1OC. The maximum Gasteiger partial charge on any atom is 0.240 e. The van der Waals surface area contributed by atoms with E-state index in [4.69, 9.17) is 24.9 Å². The molecule has 1 fully saturated rings. The van der Waals surface area contributed by atoms with Crippen LogP contribution in [0, 0.1) is 6.92 Å². The fourth-order valence-electron chi connectivity index (χ4n) is 4.54. The number of piperidine rings is 1. The molecule has 0 unspecified atom stereocenters. The van der Waals surface area contributed by atoms with E-state index < -0.39 is 0 Å². The second-order valence-electron chi connectivity index (χ2n) is 9.10. The van der Waals surface area contributed by atoms with Crippen LogP contribution in [-0.4, -0.2) is 57.0 Å². The lowest BCUT2D eigenvalue weighted by Gasteiger charge is -2.27. The topological polar surface area (TPSA) is 126 Å². The number of nitrogens with two attached hydrogens (primary N) is 1. The maximum atomic E-state index is 6.04. The van der Waals surface area contributed by atoms with Crippen molar-refractivity contribution in [2.75, 3.05) is 37.9 Å². The molecule has 1 saturated heterocycles. The van der Waals surface area contributed by atoms with Gasteiger partial charge < -0.3 is 24.8 Å². The number of rotatable bonds is 9. The summed E-state index contributed by atoms with van der Waals surface area (Å²) >= 11 is 0. The largest absolute Gasteiger partial charge is 0.493 e. The highest BCUT2D eigenvalue weighted by Crippen LogP contribution is 2.29. The monoisotopic (exact) mass is 516 g/mol. The van der Waals surface area contributed by atoms with E-state index in [0.29, 0.717) is 41.3 Å². The number of benzene rings is 1. The lowest BCUT2D eigenvalue weighted by atomic mass is 10.1. The quantitative estimate of drug-likeness (QED) is 0.353. The molecule has 2 N–H and O–H groups in total. The summed E-state index contributed by atoms with van der Waals surface area (Å²) in [5.74, 6) is 4.53. The zero-order chi connectivity index (χ0) is 26.5. The molecule has 1 aliphatic heterocycles. The smallest absolute Gasteiger partial charge is 0.240 e. The number of aryl methyl sites for hydroxylation is 1. The zero-order valence-electron chi connectivity index (χ0n) is 21.9. The molecule has 1 aliphatic rings. The van der Waals surface area contributed by atoms with Crippen molar-refractivity contribution in [3.8, 4) is 23.2 Å². The molecule has 4 aromatic rings. The van der Waals surface area contributed by atoms with Gasteiger partial charge in [0.1, 0.15) is 24.1 Å². The molecule has 4 heterocycles. The number of methoxy groups -OCH3 is 2. The van der Waals surface area contributed by atoms with Gasteiger partial charge in [-0.25, -0.2) is 9.97 Å². The van der Waals surface area contributed by atoms with E-state index in [1.807, 2.05) is 30.3 Å². The Hall–Kier alpha value is -4.41. The molecule has 0 saturated carbocycles. The Labute approximate surface area is 221 Å². The Morgan fingerprint density at radius 3 is 2.47 bits per heavy atom. The molecule has 11 nitrogen and oxygen atoms in total. The summed E-state index contributed by atoms with van der Waals surface area (Å²) in [6, 6.07) is 13.5. The Morgan fingerprint density at radius 2 is 1.68 bits per heavy atom. The molecule has 3 aromatic heterocycles. The molecule has 0 atom stereocenters. The van der Waals surface area contributed by atoms with E-state index in [2.05, 4.69) is 31.0 Å². The summed E-state index contributed by atoms with van der Waals surface area (Å²) in [6.07, 6.45) is 4.14. The zero-order valence-corrected chi connectivity index (χ0v) is 21.9.